The lowest BCUT2D eigenvalue weighted by Gasteiger charge is -2.02. The topological polar surface area (TPSA) is 30.7 Å². The standard InChI is InChI=1S/C8H5BrClN3/c9-8-5-11-12-13(8)7-4-2-1-3-6(7)10/h1-5H. The van der Waals surface area contributed by atoms with Crippen molar-refractivity contribution in [2.45, 2.75) is 0 Å². The van der Waals surface area contributed by atoms with Crippen molar-refractivity contribution in [3.05, 3.63) is 40.1 Å². The van der Waals surface area contributed by atoms with Gasteiger partial charge in [0.15, 0.2) is 0 Å². The maximum absolute atomic E-state index is 5.98. The van der Waals surface area contributed by atoms with Gasteiger partial charge >= 0.3 is 0 Å². The number of hydrogen-bond acceptors (Lipinski definition) is 2. The van der Waals surface area contributed by atoms with E-state index in [0.29, 0.717) is 5.02 Å². The summed E-state index contributed by atoms with van der Waals surface area (Å²) in [5.74, 6) is 0. The van der Waals surface area contributed by atoms with E-state index in [1.165, 1.54) is 0 Å². The molecule has 0 saturated carbocycles. The van der Waals surface area contributed by atoms with E-state index in [2.05, 4.69) is 26.2 Å². The summed E-state index contributed by atoms with van der Waals surface area (Å²) in [4.78, 5) is 0. The number of nitrogens with zero attached hydrogens (tertiary/aromatic N) is 3. The fraction of sp³-hybridized carbons (Fsp3) is 0. The lowest BCUT2D eigenvalue weighted by Crippen LogP contribution is -1.97. The number of aromatic nitrogens is 3. The minimum absolute atomic E-state index is 0.647. The van der Waals surface area contributed by atoms with Gasteiger partial charge in [-0.15, -0.1) is 5.10 Å². The first kappa shape index (κ1) is 8.72. The zero-order valence-corrected chi connectivity index (χ0v) is 8.83. The molecule has 0 amide bonds. The molecule has 0 aliphatic heterocycles. The molecule has 0 saturated heterocycles. The summed E-state index contributed by atoms with van der Waals surface area (Å²) in [6.45, 7) is 0. The molecule has 1 aromatic heterocycles. The number of benzene rings is 1. The monoisotopic (exact) mass is 257 g/mol. The molecule has 66 valence electrons. The summed E-state index contributed by atoms with van der Waals surface area (Å²) in [5.41, 5.74) is 0.813. The van der Waals surface area contributed by atoms with E-state index in [0.717, 1.165) is 10.3 Å². The van der Waals surface area contributed by atoms with Crippen LogP contribution in [-0.2, 0) is 0 Å². The van der Waals surface area contributed by atoms with Gasteiger partial charge in [0.2, 0.25) is 0 Å². The zero-order chi connectivity index (χ0) is 9.26. The molecule has 0 atom stereocenters. The van der Waals surface area contributed by atoms with E-state index in [1.807, 2.05) is 24.3 Å². The van der Waals surface area contributed by atoms with E-state index < -0.39 is 0 Å². The van der Waals surface area contributed by atoms with Crippen LogP contribution in [0.2, 0.25) is 5.02 Å². The van der Waals surface area contributed by atoms with Gasteiger partial charge in [0.1, 0.15) is 4.60 Å². The highest BCUT2D eigenvalue weighted by molar-refractivity contribution is 9.10. The maximum atomic E-state index is 5.98. The molecular weight excluding hydrogens is 253 g/mol. The third-order valence-corrected chi connectivity index (χ3v) is 2.45. The van der Waals surface area contributed by atoms with Crippen LogP contribution in [-0.4, -0.2) is 15.0 Å². The summed E-state index contributed by atoms with van der Waals surface area (Å²) in [6.07, 6.45) is 1.61. The zero-order valence-electron chi connectivity index (χ0n) is 6.48. The first-order chi connectivity index (χ1) is 6.29. The molecular formula is C8H5BrClN3. The number of rotatable bonds is 1. The van der Waals surface area contributed by atoms with Gasteiger partial charge in [0.05, 0.1) is 16.9 Å². The third kappa shape index (κ3) is 1.59. The first-order valence-corrected chi connectivity index (χ1v) is 4.77. The molecule has 0 N–H and O–H groups in total. The molecule has 3 nitrogen and oxygen atoms in total. The maximum Gasteiger partial charge on any atom is 0.130 e. The molecule has 0 unspecified atom stereocenters. The number of para-hydroxylation sites is 1. The van der Waals surface area contributed by atoms with Crippen LogP contribution in [0.3, 0.4) is 0 Å². The Morgan fingerprint density at radius 2 is 2.08 bits per heavy atom. The second-order valence-corrected chi connectivity index (χ2v) is 3.64. The van der Waals surface area contributed by atoms with Crippen LogP contribution in [0.4, 0.5) is 0 Å². The SMILES string of the molecule is Clc1ccccc1-n1nncc1Br. The number of halogens is 2. The number of hydrogen-bond donors (Lipinski definition) is 0. The van der Waals surface area contributed by atoms with Crippen molar-refractivity contribution < 1.29 is 0 Å². The Kier molecular flexibility index (Phi) is 2.33. The molecule has 0 aliphatic carbocycles. The van der Waals surface area contributed by atoms with Gasteiger partial charge in [-0.05, 0) is 28.1 Å². The van der Waals surface area contributed by atoms with Crippen molar-refractivity contribution >= 4 is 27.5 Å². The summed E-state index contributed by atoms with van der Waals surface area (Å²) in [5, 5.41) is 8.28. The molecule has 0 spiro atoms. The lowest BCUT2D eigenvalue weighted by molar-refractivity contribution is 0.792. The Hall–Kier alpha value is -0.870. The smallest absolute Gasteiger partial charge is 0.130 e. The predicted octanol–water partition coefficient (Wildman–Crippen LogP) is 2.68. The molecule has 0 aliphatic rings. The van der Waals surface area contributed by atoms with E-state index >= 15 is 0 Å². The van der Waals surface area contributed by atoms with Crippen LogP contribution in [0.25, 0.3) is 5.69 Å². The van der Waals surface area contributed by atoms with Gasteiger partial charge in [-0.1, -0.05) is 28.9 Å². The molecule has 0 fully saturated rings. The Labute approximate surface area is 88.5 Å². The van der Waals surface area contributed by atoms with Gasteiger partial charge in [-0.2, -0.15) is 0 Å². The molecule has 2 rings (SSSR count). The molecule has 1 aromatic carbocycles. The lowest BCUT2D eigenvalue weighted by atomic mass is 10.3. The van der Waals surface area contributed by atoms with Crippen LogP contribution in [0.5, 0.6) is 0 Å². The third-order valence-electron chi connectivity index (χ3n) is 1.59. The van der Waals surface area contributed by atoms with Crippen LogP contribution < -0.4 is 0 Å². The van der Waals surface area contributed by atoms with Crippen molar-refractivity contribution in [3.8, 4) is 5.69 Å². The largest absolute Gasteiger partial charge is 0.205 e. The fourth-order valence-corrected chi connectivity index (χ4v) is 1.58. The van der Waals surface area contributed by atoms with Crippen LogP contribution in [0, 0.1) is 0 Å². The molecule has 1 heterocycles. The summed E-state index contributed by atoms with van der Waals surface area (Å²) < 4.78 is 2.41. The highest BCUT2D eigenvalue weighted by atomic mass is 79.9. The van der Waals surface area contributed by atoms with E-state index in [9.17, 15) is 0 Å². The van der Waals surface area contributed by atoms with Gasteiger partial charge in [0, 0.05) is 0 Å². The normalized spacial score (nSPS) is 10.3. The Bertz CT molecular complexity index is 427. The molecule has 13 heavy (non-hydrogen) atoms. The quantitative estimate of drug-likeness (QED) is 0.787. The fourth-order valence-electron chi connectivity index (χ4n) is 1.01. The first-order valence-electron chi connectivity index (χ1n) is 3.60. The van der Waals surface area contributed by atoms with E-state index in [4.69, 9.17) is 11.6 Å². The summed E-state index contributed by atoms with van der Waals surface area (Å²) in [6, 6.07) is 7.46. The van der Waals surface area contributed by atoms with Crippen LogP contribution in [0.15, 0.2) is 35.1 Å². The van der Waals surface area contributed by atoms with Crippen LogP contribution in [0.1, 0.15) is 0 Å². The second kappa shape index (κ2) is 3.47. The second-order valence-electron chi connectivity index (χ2n) is 2.42. The van der Waals surface area contributed by atoms with Gasteiger partial charge in [-0.3, -0.25) is 0 Å². The highest BCUT2D eigenvalue weighted by Gasteiger charge is 2.05. The minimum atomic E-state index is 0.647. The Balaban J connectivity index is 2.59. The Morgan fingerprint density at radius 1 is 1.31 bits per heavy atom. The molecule has 2 aromatic rings. The van der Waals surface area contributed by atoms with Gasteiger partial charge < -0.3 is 0 Å². The van der Waals surface area contributed by atoms with E-state index in [-0.39, 0.29) is 0 Å². The average Bonchev–Trinajstić information content (AvgIpc) is 2.52. The van der Waals surface area contributed by atoms with Crippen molar-refractivity contribution in [1.29, 1.82) is 0 Å². The molecule has 0 radical (unpaired) electrons. The van der Waals surface area contributed by atoms with E-state index in [1.54, 1.807) is 10.9 Å². The summed E-state index contributed by atoms with van der Waals surface area (Å²) >= 11 is 9.29. The van der Waals surface area contributed by atoms with Crippen molar-refractivity contribution in [3.63, 3.8) is 0 Å². The average molecular weight is 259 g/mol. The van der Waals surface area contributed by atoms with Crippen LogP contribution >= 0.6 is 27.5 Å². The van der Waals surface area contributed by atoms with Gasteiger partial charge in [-0.25, -0.2) is 4.68 Å². The van der Waals surface area contributed by atoms with Crippen molar-refractivity contribution in [2.24, 2.45) is 0 Å². The molecule has 0 bridgehead atoms. The minimum Gasteiger partial charge on any atom is -0.205 e. The van der Waals surface area contributed by atoms with Gasteiger partial charge in [0.25, 0.3) is 0 Å². The predicted molar refractivity (Wildman–Crippen MR) is 54.1 cm³/mol. The van der Waals surface area contributed by atoms with Crippen molar-refractivity contribution in [1.82, 2.24) is 15.0 Å². The Morgan fingerprint density at radius 3 is 2.69 bits per heavy atom. The highest BCUT2D eigenvalue weighted by Crippen LogP contribution is 2.21. The summed E-state index contributed by atoms with van der Waals surface area (Å²) in [7, 11) is 0. The molecule has 5 heteroatoms. The van der Waals surface area contributed by atoms with Crippen molar-refractivity contribution in [2.75, 3.05) is 0 Å².